The van der Waals surface area contributed by atoms with Crippen LogP contribution in [-0.2, 0) is 16.0 Å². The zero-order chi connectivity index (χ0) is 13.3. The van der Waals surface area contributed by atoms with Crippen molar-refractivity contribution in [1.82, 2.24) is 0 Å². The number of nitrogens with two attached hydrogens (primary N) is 1. The second-order valence-corrected chi connectivity index (χ2v) is 3.75. The molecule has 18 heavy (non-hydrogen) atoms. The molecule has 0 radical (unpaired) electrons. The van der Waals surface area contributed by atoms with Gasteiger partial charge in [0.25, 0.3) is 0 Å². The standard InChI is InChI=1S/C11H11F2NO4/c1-16-10(15)7(14)5-6-3-2-4-8-9(6)18-11(12,13)17-8/h2-4,7H,5,14H2,1H3/t7-/m1/s1. The Balaban J connectivity index is 2.22. The number of halogens is 2. The molecule has 1 atom stereocenters. The number of carbonyl (C=O) groups is 1. The molecule has 2 rings (SSSR count). The average Bonchev–Trinajstić information content (AvgIpc) is 2.63. The van der Waals surface area contributed by atoms with E-state index in [9.17, 15) is 13.6 Å². The van der Waals surface area contributed by atoms with Gasteiger partial charge < -0.3 is 19.9 Å². The highest BCUT2D eigenvalue weighted by Gasteiger charge is 2.44. The van der Waals surface area contributed by atoms with Crippen molar-refractivity contribution < 1.29 is 27.8 Å². The van der Waals surface area contributed by atoms with Crippen LogP contribution in [0.3, 0.4) is 0 Å². The second-order valence-electron chi connectivity index (χ2n) is 3.75. The maximum absolute atomic E-state index is 12.9. The van der Waals surface area contributed by atoms with E-state index in [2.05, 4.69) is 14.2 Å². The molecule has 1 aliphatic rings. The number of alkyl halides is 2. The van der Waals surface area contributed by atoms with Crippen LogP contribution in [0.25, 0.3) is 0 Å². The number of carbonyl (C=O) groups excluding carboxylic acids is 1. The van der Waals surface area contributed by atoms with Gasteiger partial charge in [-0.1, -0.05) is 12.1 Å². The van der Waals surface area contributed by atoms with Gasteiger partial charge in [-0.15, -0.1) is 8.78 Å². The van der Waals surface area contributed by atoms with Crippen LogP contribution in [0.15, 0.2) is 18.2 Å². The number of rotatable bonds is 3. The first-order valence-corrected chi connectivity index (χ1v) is 5.14. The minimum Gasteiger partial charge on any atom is -0.468 e. The molecule has 0 fully saturated rings. The quantitative estimate of drug-likeness (QED) is 0.821. The number of para-hydroxylation sites is 1. The van der Waals surface area contributed by atoms with Gasteiger partial charge in [0.05, 0.1) is 7.11 Å². The molecular weight excluding hydrogens is 248 g/mol. The number of benzene rings is 1. The van der Waals surface area contributed by atoms with Crippen LogP contribution in [0, 0.1) is 0 Å². The Kier molecular flexibility index (Phi) is 3.08. The Labute approximate surface area is 101 Å². The molecule has 0 aromatic heterocycles. The van der Waals surface area contributed by atoms with Crippen LogP contribution in [0.1, 0.15) is 5.56 Å². The highest BCUT2D eigenvalue weighted by Crippen LogP contribution is 2.43. The lowest BCUT2D eigenvalue weighted by Crippen LogP contribution is -2.33. The molecule has 0 bridgehead atoms. The van der Waals surface area contributed by atoms with E-state index in [-0.39, 0.29) is 17.9 Å². The van der Waals surface area contributed by atoms with Gasteiger partial charge in [0, 0.05) is 12.0 Å². The first kappa shape index (κ1) is 12.6. The Morgan fingerprint density at radius 3 is 2.89 bits per heavy atom. The Bertz CT molecular complexity index is 478. The van der Waals surface area contributed by atoms with Gasteiger partial charge in [-0.25, -0.2) is 0 Å². The highest BCUT2D eigenvalue weighted by atomic mass is 19.3. The summed E-state index contributed by atoms with van der Waals surface area (Å²) in [5.41, 5.74) is 5.93. The van der Waals surface area contributed by atoms with Crippen LogP contribution in [0.5, 0.6) is 11.5 Å². The second kappa shape index (κ2) is 4.41. The summed E-state index contributed by atoms with van der Waals surface area (Å²) < 4.78 is 39.0. The van der Waals surface area contributed by atoms with Crippen molar-refractivity contribution >= 4 is 5.97 Å². The van der Waals surface area contributed by atoms with Crippen LogP contribution >= 0.6 is 0 Å². The number of hydrogen-bond acceptors (Lipinski definition) is 5. The molecule has 98 valence electrons. The Morgan fingerprint density at radius 1 is 1.50 bits per heavy atom. The highest BCUT2D eigenvalue weighted by molar-refractivity contribution is 5.76. The molecule has 0 unspecified atom stereocenters. The van der Waals surface area contributed by atoms with E-state index in [0.717, 1.165) is 0 Å². The number of esters is 1. The average molecular weight is 259 g/mol. The molecule has 1 aromatic rings. The fraction of sp³-hybridized carbons (Fsp3) is 0.364. The third kappa shape index (κ3) is 2.35. The third-order valence-corrected chi connectivity index (χ3v) is 2.45. The molecule has 2 N–H and O–H groups in total. The fourth-order valence-electron chi connectivity index (χ4n) is 1.66. The molecular formula is C11H11F2NO4. The smallest absolute Gasteiger partial charge is 0.468 e. The lowest BCUT2D eigenvalue weighted by Gasteiger charge is -2.11. The SMILES string of the molecule is COC(=O)[C@H](N)Cc1cccc2c1OC(F)(F)O2. The topological polar surface area (TPSA) is 70.8 Å². The van der Waals surface area contributed by atoms with Crippen molar-refractivity contribution in [3.8, 4) is 11.5 Å². The predicted molar refractivity (Wildman–Crippen MR) is 56.3 cm³/mol. The molecule has 1 aliphatic heterocycles. The van der Waals surface area contributed by atoms with Gasteiger partial charge in [0.1, 0.15) is 6.04 Å². The number of ether oxygens (including phenoxy) is 3. The van der Waals surface area contributed by atoms with Gasteiger partial charge in [-0.3, -0.25) is 4.79 Å². The van der Waals surface area contributed by atoms with E-state index in [0.29, 0.717) is 5.56 Å². The van der Waals surface area contributed by atoms with Crippen LogP contribution in [-0.4, -0.2) is 25.4 Å². The summed E-state index contributed by atoms with van der Waals surface area (Å²) in [7, 11) is 1.20. The maximum atomic E-state index is 12.9. The van der Waals surface area contributed by atoms with E-state index in [1.807, 2.05) is 0 Å². The molecule has 0 saturated carbocycles. The molecule has 0 amide bonds. The Morgan fingerprint density at radius 2 is 2.22 bits per heavy atom. The number of hydrogen-bond donors (Lipinski definition) is 1. The summed E-state index contributed by atoms with van der Waals surface area (Å²) in [6, 6.07) is 3.46. The molecule has 0 aliphatic carbocycles. The van der Waals surface area contributed by atoms with Gasteiger partial charge in [-0.2, -0.15) is 0 Å². The lowest BCUT2D eigenvalue weighted by molar-refractivity contribution is -0.286. The predicted octanol–water partition coefficient (Wildman–Crippen LogP) is 1.05. The fourth-order valence-corrected chi connectivity index (χ4v) is 1.66. The first-order valence-electron chi connectivity index (χ1n) is 5.14. The van der Waals surface area contributed by atoms with Crippen molar-refractivity contribution in [3.63, 3.8) is 0 Å². The first-order chi connectivity index (χ1) is 8.43. The molecule has 7 heteroatoms. The maximum Gasteiger partial charge on any atom is 0.586 e. The van der Waals surface area contributed by atoms with Crippen molar-refractivity contribution in [2.45, 2.75) is 18.8 Å². The molecule has 0 spiro atoms. The third-order valence-electron chi connectivity index (χ3n) is 2.45. The van der Waals surface area contributed by atoms with Crippen molar-refractivity contribution in [2.75, 3.05) is 7.11 Å². The van der Waals surface area contributed by atoms with Gasteiger partial charge >= 0.3 is 12.3 Å². The summed E-state index contributed by atoms with van der Waals surface area (Å²) in [6.07, 6.45) is -3.66. The monoisotopic (exact) mass is 259 g/mol. The Hall–Kier alpha value is -1.89. The molecule has 5 nitrogen and oxygen atoms in total. The van der Waals surface area contributed by atoms with Crippen LogP contribution in [0.4, 0.5) is 8.78 Å². The number of methoxy groups -OCH3 is 1. The lowest BCUT2D eigenvalue weighted by atomic mass is 10.1. The zero-order valence-corrected chi connectivity index (χ0v) is 9.48. The van der Waals surface area contributed by atoms with Crippen molar-refractivity contribution in [3.05, 3.63) is 23.8 Å². The van der Waals surface area contributed by atoms with Gasteiger partial charge in [-0.05, 0) is 6.07 Å². The normalized spacial score (nSPS) is 17.3. The summed E-state index contributed by atoms with van der Waals surface area (Å²) in [4.78, 5) is 11.2. The largest absolute Gasteiger partial charge is 0.586 e. The molecule has 1 heterocycles. The molecule has 0 saturated heterocycles. The summed E-state index contributed by atoms with van der Waals surface area (Å²) in [5.74, 6) is -0.797. The summed E-state index contributed by atoms with van der Waals surface area (Å²) in [5, 5.41) is 0. The zero-order valence-electron chi connectivity index (χ0n) is 9.48. The minimum absolute atomic E-state index is 0.0231. The van der Waals surface area contributed by atoms with Crippen LogP contribution in [0.2, 0.25) is 0 Å². The van der Waals surface area contributed by atoms with E-state index in [1.54, 1.807) is 0 Å². The van der Waals surface area contributed by atoms with Crippen LogP contribution < -0.4 is 15.2 Å². The summed E-state index contributed by atoms with van der Waals surface area (Å²) in [6.45, 7) is 0. The minimum atomic E-state index is -3.69. The van der Waals surface area contributed by atoms with E-state index < -0.39 is 18.3 Å². The van der Waals surface area contributed by atoms with E-state index in [1.165, 1.54) is 25.3 Å². The van der Waals surface area contributed by atoms with E-state index in [4.69, 9.17) is 5.73 Å². The number of fused-ring (bicyclic) bond motifs is 1. The van der Waals surface area contributed by atoms with Gasteiger partial charge in [0.2, 0.25) is 0 Å². The summed E-state index contributed by atoms with van der Waals surface area (Å²) >= 11 is 0. The van der Waals surface area contributed by atoms with Gasteiger partial charge in [0.15, 0.2) is 11.5 Å². The molecule has 1 aromatic carbocycles. The van der Waals surface area contributed by atoms with E-state index >= 15 is 0 Å². The van der Waals surface area contributed by atoms with Crippen molar-refractivity contribution in [2.24, 2.45) is 5.73 Å². The van der Waals surface area contributed by atoms with Crippen molar-refractivity contribution in [1.29, 1.82) is 0 Å².